The molecule has 0 bridgehead atoms. The normalized spacial score (nSPS) is 17.0. The molecule has 1 heterocycles. The van der Waals surface area contributed by atoms with Crippen LogP contribution in [-0.2, 0) is 6.54 Å². The van der Waals surface area contributed by atoms with Gasteiger partial charge in [0, 0.05) is 43.8 Å². The Kier molecular flexibility index (Phi) is 9.94. The van der Waals surface area contributed by atoms with E-state index in [0.29, 0.717) is 28.4 Å². The van der Waals surface area contributed by atoms with Crippen LogP contribution in [0, 0.1) is 17.8 Å². The number of nitrogens with zero attached hydrogens (tertiary/aromatic N) is 2. The molecule has 0 unspecified atom stereocenters. The standard InChI is InChI=1S/C32H38F3N5O2/c1-36-31(41)23-12-15-28(30(19-23)42-4)37-17-6-7-25-20-26-27(8-5-9-29(26)40(25)21-32(33,34)35)38-24-13-10-22(11-14-24)16-18-39(2)3/h5,8-9,12,15-16,18-20,22,24,37-38H,10-11,13-14,17,21H2,1-4H3,(H,36,41)/b18-16+/t22-,24+. The van der Waals surface area contributed by atoms with Crippen LogP contribution in [-0.4, -0.2) is 62.4 Å². The van der Waals surface area contributed by atoms with Crippen LogP contribution in [0.4, 0.5) is 24.5 Å². The molecule has 0 atom stereocenters. The molecular weight excluding hydrogens is 543 g/mol. The van der Waals surface area contributed by atoms with E-state index in [1.54, 1.807) is 43.4 Å². The molecule has 0 saturated heterocycles. The van der Waals surface area contributed by atoms with E-state index in [4.69, 9.17) is 4.74 Å². The maximum Gasteiger partial charge on any atom is 0.406 e. The third-order valence-electron chi connectivity index (χ3n) is 7.35. The van der Waals surface area contributed by atoms with E-state index >= 15 is 0 Å². The lowest BCUT2D eigenvalue weighted by atomic mass is 9.86. The van der Waals surface area contributed by atoms with Gasteiger partial charge in [-0.25, -0.2) is 0 Å². The molecule has 0 aliphatic heterocycles. The van der Waals surface area contributed by atoms with Gasteiger partial charge in [-0.15, -0.1) is 0 Å². The van der Waals surface area contributed by atoms with Gasteiger partial charge in [0.2, 0.25) is 0 Å². The van der Waals surface area contributed by atoms with Gasteiger partial charge in [0.05, 0.1) is 30.6 Å². The summed E-state index contributed by atoms with van der Waals surface area (Å²) in [6.07, 6.45) is 4.07. The highest BCUT2D eigenvalue weighted by Crippen LogP contribution is 2.33. The monoisotopic (exact) mass is 581 g/mol. The van der Waals surface area contributed by atoms with Crippen molar-refractivity contribution in [1.29, 1.82) is 0 Å². The predicted octanol–water partition coefficient (Wildman–Crippen LogP) is 6.08. The van der Waals surface area contributed by atoms with Crippen molar-refractivity contribution in [2.75, 3.05) is 45.4 Å². The Labute approximate surface area is 245 Å². The molecule has 4 rings (SSSR count). The highest BCUT2D eigenvalue weighted by Gasteiger charge is 2.30. The van der Waals surface area contributed by atoms with Crippen LogP contribution < -0.4 is 20.7 Å². The fraction of sp³-hybridized carbons (Fsp3) is 0.406. The lowest BCUT2D eigenvalue weighted by molar-refractivity contribution is -0.140. The predicted molar refractivity (Wildman–Crippen MR) is 162 cm³/mol. The zero-order valence-corrected chi connectivity index (χ0v) is 24.4. The number of amides is 1. The summed E-state index contributed by atoms with van der Waals surface area (Å²) in [4.78, 5) is 13.9. The van der Waals surface area contributed by atoms with Gasteiger partial charge < -0.3 is 30.2 Å². The Balaban J connectivity index is 1.53. The fourth-order valence-electron chi connectivity index (χ4n) is 5.23. The molecular formula is C32H38F3N5O2. The highest BCUT2D eigenvalue weighted by molar-refractivity contribution is 5.95. The smallest absolute Gasteiger partial charge is 0.406 e. The number of methoxy groups -OCH3 is 1. The number of alkyl halides is 3. The lowest BCUT2D eigenvalue weighted by Gasteiger charge is -2.28. The summed E-state index contributed by atoms with van der Waals surface area (Å²) in [6, 6.07) is 12.4. The summed E-state index contributed by atoms with van der Waals surface area (Å²) in [5.41, 5.74) is 2.67. The van der Waals surface area contributed by atoms with Gasteiger partial charge >= 0.3 is 6.18 Å². The van der Waals surface area contributed by atoms with Gasteiger partial charge in [-0.1, -0.05) is 18.1 Å². The first-order valence-corrected chi connectivity index (χ1v) is 14.0. The number of aromatic nitrogens is 1. The summed E-state index contributed by atoms with van der Waals surface area (Å²) in [6.45, 7) is -0.963. The Morgan fingerprint density at radius 3 is 2.55 bits per heavy atom. The number of allylic oxidation sites excluding steroid dienone is 1. The van der Waals surface area contributed by atoms with Crippen LogP contribution in [0.25, 0.3) is 10.9 Å². The second-order valence-electron chi connectivity index (χ2n) is 10.7. The molecule has 1 aromatic heterocycles. The van der Waals surface area contributed by atoms with E-state index in [1.807, 2.05) is 25.1 Å². The summed E-state index contributed by atoms with van der Waals surface area (Å²) in [5, 5.41) is 10.0. The minimum atomic E-state index is -4.40. The first kappa shape index (κ1) is 30.7. The van der Waals surface area contributed by atoms with Crippen LogP contribution in [0.3, 0.4) is 0 Å². The van der Waals surface area contributed by atoms with Crippen LogP contribution in [0.2, 0.25) is 0 Å². The molecule has 7 nitrogen and oxygen atoms in total. The van der Waals surface area contributed by atoms with Gasteiger partial charge in [0.1, 0.15) is 12.3 Å². The van der Waals surface area contributed by atoms with Crippen molar-refractivity contribution in [3.05, 3.63) is 66.0 Å². The third-order valence-corrected chi connectivity index (χ3v) is 7.35. The van der Waals surface area contributed by atoms with E-state index in [2.05, 4.69) is 40.1 Å². The number of fused-ring (bicyclic) bond motifs is 1. The Morgan fingerprint density at radius 2 is 1.88 bits per heavy atom. The van der Waals surface area contributed by atoms with E-state index in [0.717, 1.165) is 36.8 Å². The van der Waals surface area contributed by atoms with Gasteiger partial charge in [-0.05, 0) is 80.1 Å². The lowest BCUT2D eigenvalue weighted by Crippen LogP contribution is -2.25. The summed E-state index contributed by atoms with van der Waals surface area (Å²) in [7, 11) is 7.06. The van der Waals surface area contributed by atoms with Crippen molar-refractivity contribution >= 4 is 28.2 Å². The molecule has 1 aliphatic carbocycles. The number of nitrogens with one attached hydrogen (secondary N) is 3. The molecule has 10 heteroatoms. The molecule has 224 valence electrons. The number of hydrogen-bond acceptors (Lipinski definition) is 5. The molecule has 1 amide bonds. The van der Waals surface area contributed by atoms with Crippen LogP contribution in [0.5, 0.6) is 5.75 Å². The average Bonchev–Trinajstić information content (AvgIpc) is 3.31. The van der Waals surface area contributed by atoms with Crippen molar-refractivity contribution in [2.24, 2.45) is 5.92 Å². The number of carbonyl (C=O) groups is 1. The molecule has 0 radical (unpaired) electrons. The van der Waals surface area contributed by atoms with Gasteiger partial charge in [0.25, 0.3) is 5.91 Å². The molecule has 2 aromatic carbocycles. The quantitative estimate of drug-likeness (QED) is 0.267. The van der Waals surface area contributed by atoms with Gasteiger partial charge in [-0.3, -0.25) is 4.79 Å². The Hall–Kier alpha value is -4.26. The minimum Gasteiger partial charge on any atom is -0.495 e. The number of rotatable bonds is 9. The first-order valence-electron chi connectivity index (χ1n) is 14.0. The first-order chi connectivity index (χ1) is 20.1. The van der Waals surface area contributed by atoms with Crippen molar-refractivity contribution in [3.63, 3.8) is 0 Å². The average molecular weight is 582 g/mol. The summed E-state index contributed by atoms with van der Waals surface area (Å²) < 4.78 is 47.4. The molecule has 1 aliphatic rings. The fourth-order valence-corrected chi connectivity index (χ4v) is 5.23. The second-order valence-corrected chi connectivity index (χ2v) is 10.7. The number of ether oxygens (including phenoxy) is 1. The Morgan fingerprint density at radius 1 is 1.12 bits per heavy atom. The molecule has 0 spiro atoms. The van der Waals surface area contributed by atoms with Crippen LogP contribution in [0.1, 0.15) is 41.7 Å². The maximum absolute atomic E-state index is 13.6. The zero-order chi connectivity index (χ0) is 30.3. The van der Waals surface area contributed by atoms with Crippen LogP contribution >= 0.6 is 0 Å². The Bertz CT molecular complexity index is 1480. The second kappa shape index (κ2) is 13.6. The molecule has 42 heavy (non-hydrogen) atoms. The van der Waals surface area contributed by atoms with E-state index < -0.39 is 12.7 Å². The largest absolute Gasteiger partial charge is 0.495 e. The molecule has 3 aromatic rings. The van der Waals surface area contributed by atoms with Crippen molar-refractivity contribution in [3.8, 4) is 17.6 Å². The van der Waals surface area contributed by atoms with Crippen LogP contribution in [0.15, 0.2) is 54.7 Å². The number of anilines is 2. The van der Waals surface area contributed by atoms with Gasteiger partial charge in [-0.2, -0.15) is 13.2 Å². The number of halogens is 3. The number of carbonyl (C=O) groups excluding carboxylic acids is 1. The molecule has 1 saturated carbocycles. The van der Waals surface area contributed by atoms with E-state index in [1.165, 1.54) is 11.7 Å². The van der Waals surface area contributed by atoms with Gasteiger partial charge in [0.15, 0.2) is 0 Å². The summed E-state index contributed by atoms with van der Waals surface area (Å²) >= 11 is 0. The topological polar surface area (TPSA) is 70.6 Å². The SMILES string of the molecule is CNC(=O)c1ccc(NCC#Cc2cc3c(N[C@H]4CC[C@@H](/C=C/N(C)C)CC4)cccc3n2CC(F)(F)F)c(OC)c1. The summed E-state index contributed by atoms with van der Waals surface area (Å²) in [5.74, 6) is 6.65. The molecule has 1 fully saturated rings. The number of benzene rings is 2. The van der Waals surface area contributed by atoms with Crippen molar-refractivity contribution in [2.45, 2.75) is 44.4 Å². The number of hydrogen-bond donors (Lipinski definition) is 3. The van der Waals surface area contributed by atoms with E-state index in [-0.39, 0.29) is 24.2 Å². The minimum absolute atomic E-state index is 0.167. The van der Waals surface area contributed by atoms with E-state index in [9.17, 15) is 18.0 Å². The maximum atomic E-state index is 13.6. The third kappa shape index (κ3) is 7.93. The zero-order valence-electron chi connectivity index (χ0n) is 24.4. The molecule has 3 N–H and O–H groups in total. The highest BCUT2D eigenvalue weighted by atomic mass is 19.4. The van der Waals surface area contributed by atoms with Crippen molar-refractivity contribution < 1.29 is 22.7 Å². The van der Waals surface area contributed by atoms with Crippen molar-refractivity contribution in [1.82, 2.24) is 14.8 Å².